The van der Waals surface area contributed by atoms with Crippen molar-refractivity contribution >= 4 is 23.2 Å². The number of nitro groups is 1. The molecule has 2 heterocycles. The summed E-state index contributed by atoms with van der Waals surface area (Å²) < 4.78 is 3.22. The zero-order valence-electron chi connectivity index (χ0n) is 16.6. The summed E-state index contributed by atoms with van der Waals surface area (Å²) in [6, 6.07) is 7.15. The van der Waals surface area contributed by atoms with E-state index in [4.69, 9.17) is 11.6 Å². The number of carbonyl (C=O) groups is 1. The first-order valence-electron chi connectivity index (χ1n) is 8.88. The molecule has 1 amide bonds. The number of nitrogens with zero attached hydrogens (tertiary/aromatic N) is 6. The fourth-order valence-electron chi connectivity index (χ4n) is 3.21. The second-order valence-electron chi connectivity index (χ2n) is 6.86. The highest BCUT2D eigenvalue weighted by Crippen LogP contribution is 2.23. The normalized spacial score (nSPS) is 10.9. The van der Waals surface area contributed by atoms with Crippen LogP contribution in [0.2, 0.25) is 5.02 Å². The van der Waals surface area contributed by atoms with E-state index in [0.29, 0.717) is 35.1 Å². The van der Waals surface area contributed by atoms with Gasteiger partial charge in [-0.1, -0.05) is 23.7 Å². The van der Waals surface area contributed by atoms with Crippen LogP contribution in [-0.2, 0) is 20.1 Å². The van der Waals surface area contributed by atoms with Gasteiger partial charge in [0.05, 0.1) is 34.9 Å². The van der Waals surface area contributed by atoms with Crippen molar-refractivity contribution < 1.29 is 9.72 Å². The molecular weight excluding hydrogens is 396 g/mol. The largest absolute Gasteiger partial charge is 0.336 e. The predicted octanol–water partition coefficient (Wildman–Crippen LogP) is 3.12. The Morgan fingerprint density at radius 1 is 1.34 bits per heavy atom. The molecule has 0 atom stereocenters. The van der Waals surface area contributed by atoms with Crippen LogP contribution in [0.3, 0.4) is 0 Å². The molecule has 29 heavy (non-hydrogen) atoms. The summed E-state index contributed by atoms with van der Waals surface area (Å²) in [6.45, 7) is 3.93. The first-order valence-corrected chi connectivity index (χ1v) is 9.26. The molecule has 0 bridgehead atoms. The maximum atomic E-state index is 12.9. The van der Waals surface area contributed by atoms with Crippen molar-refractivity contribution in [2.24, 2.45) is 7.05 Å². The Morgan fingerprint density at radius 2 is 2.07 bits per heavy atom. The third kappa shape index (κ3) is 4.14. The number of aromatic nitrogens is 4. The van der Waals surface area contributed by atoms with Crippen molar-refractivity contribution in [3.05, 3.63) is 73.8 Å². The number of halogens is 1. The fraction of sp³-hybridized carbons (Fsp3) is 0.316. The number of hydrogen-bond donors (Lipinski definition) is 0. The van der Waals surface area contributed by atoms with Crippen molar-refractivity contribution in [2.75, 3.05) is 7.05 Å². The van der Waals surface area contributed by atoms with Crippen molar-refractivity contribution in [3.8, 4) is 0 Å². The Morgan fingerprint density at radius 3 is 2.66 bits per heavy atom. The predicted molar refractivity (Wildman–Crippen MR) is 108 cm³/mol. The molecule has 10 heteroatoms. The summed E-state index contributed by atoms with van der Waals surface area (Å²) in [5.74, 6) is -0.163. The SMILES string of the molecule is Cc1nn(Cc2cccc(C(=O)N(C)Cc3c(Cl)cnn3C)c2)c(C)c1[N+](=O)[O-]. The van der Waals surface area contributed by atoms with Crippen LogP contribution in [-0.4, -0.2) is 42.3 Å². The lowest BCUT2D eigenvalue weighted by atomic mass is 10.1. The Kier molecular flexibility index (Phi) is 5.69. The fourth-order valence-corrected chi connectivity index (χ4v) is 3.44. The number of hydrogen-bond acceptors (Lipinski definition) is 5. The van der Waals surface area contributed by atoms with Crippen LogP contribution in [0.5, 0.6) is 0 Å². The third-order valence-corrected chi connectivity index (χ3v) is 5.09. The van der Waals surface area contributed by atoms with E-state index in [1.165, 1.54) is 0 Å². The third-order valence-electron chi connectivity index (χ3n) is 4.78. The minimum absolute atomic E-state index is 0.0185. The van der Waals surface area contributed by atoms with E-state index in [9.17, 15) is 14.9 Å². The Hall–Kier alpha value is -3.20. The van der Waals surface area contributed by atoms with Gasteiger partial charge in [0.1, 0.15) is 11.4 Å². The van der Waals surface area contributed by atoms with Gasteiger partial charge in [-0.2, -0.15) is 10.2 Å². The highest BCUT2D eigenvalue weighted by Gasteiger charge is 2.22. The summed E-state index contributed by atoms with van der Waals surface area (Å²) >= 11 is 6.13. The van der Waals surface area contributed by atoms with Crippen LogP contribution in [0, 0.1) is 24.0 Å². The molecular formula is C19H21ClN6O3. The zero-order valence-corrected chi connectivity index (χ0v) is 17.3. The molecule has 0 radical (unpaired) electrons. The van der Waals surface area contributed by atoms with Gasteiger partial charge in [-0.05, 0) is 31.5 Å². The first kappa shape index (κ1) is 20.5. The van der Waals surface area contributed by atoms with E-state index in [1.807, 2.05) is 6.07 Å². The van der Waals surface area contributed by atoms with E-state index in [2.05, 4.69) is 10.2 Å². The van der Waals surface area contributed by atoms with Crippen LogP contribution in [0.25, 0.3) is 0 Å². The van der Waals surface area contributed by atoms with E-state index in [0.717, 1.165) is 11.3 Å². The molecule has 0 fully saturated rings. The minimum Gasteiger partial charge on any atom is -0.336 e. The zero-order chi connectivity index (χ0) is 21.3. The van der Waals surface area contributed by atoms with Crippen molar-refractivity contribution in [1.82, 2.24) is 24.5 Å². The summed E-state index contributed by atoms with van der Waals surface area (Å²) in [6.07, 6.45) is 1.55. The number of amides is 1. The van der Waals surface area contributed by atoms with Crippen LogP contribution >= 0.6 is 11.6 Å². The molecule has 0 aliphatic rings. The summed E-state index contributed by atoms with van der Waals surface area (Å²) in [5, 5.41) is 20.0. The molecule has 0 saturated heterocycles. The molecule has 0 aliphatic heterocycles. The quantitative estimate of drug-likeness (QED) is 0.454. The van der Waals surface area contributed by atoms with Crippen LogP contribution in [0.15, 0.2) is 30.5 Å². The molecule has 0 spiro atoms. The lowest BCUT2D eigenvalue weighted by Gasteiger charge is -2.18. The molecule has 9 nitrogen and oxygen atoms in total. The van der Waals surface area contributed by atoms with E-state index < -0.39 is 4.92 Å². The maximum absolute atomic E-state index is 12.9. The smallest absolute Gasteiger partial charge is 0.312 e. The van der Waals surface area contributed by atoms with Crippen LogP contribution in [0.4, 0.5) is 5.69 Å². The van der Waals surface area contributed by atoms with Gasteiger partial charge in [0.15, 0.2) is 0 Å². The maximum Gasteiger partial charge on any atom is 0.312 e. The lowest BCUT2D eigenvalue weighted by molar-refractivity contribution is -0.386. The molecule has 0 saturated carbocycles. The summed E-state index contributed by atoms with van der Waals surface area (Å²) in [7, 11) is 3.47. The van der Waals surface area contributed by atoms with Gasteiger partial charge in [-0.25, -0.2) is 0 Å². The summed E-state index contributed by atoms with van der Waals surface area (Å²) in [4.78, 5) is 25.2. The second-order valence-corrected chi connectivity index (χ2v) is 7.27. The molecule has 3 aromatic rings. The van der Waals surface area contributed by atoms with Gasteiger partial charge in [-0.3, -0.25) is 24.3 Å². The average molecular weight is 417 g/mol. The Bertz CT molecular complexity index is 1070. The van der Waals surface area contributed by atoms with E-state index >= 15 is 0 Å². The standard InChI is InChI=1S/C19H21ClN6O3/c1-12-18(26(28)29)13(2)25(22-12)10-14-6-5-7-15(8-14)19(27)23(3)11-17-16(20)9-21-24(17)4/h5-9H,10-11H2,1-4H3. The number of rotatable bonds is 6. The van der Waals surface area contributed by atoms with Gasteiger partial charge in [0.25, 0.3) is 5.91 Å². The van der Waals surface area contributed by atoms with Gasteiger partial charge in [-0.15, -0.1) is 0 Å². The van der Waals surface area contributed by atoms with Crippen LogP contribution < -0.4 is 0 Å². The molecule has 2 aromatic heterocycles. The topological polar surface area (TPSA) is 99.1 Å². The van der Waals surface area contributed by atoms with E-state index in [1.54, 1.807) is 66.6 Å². The average Bonchev–Trinajstić information content (AvgIpc) is 3.13. The number of benzene rings is 1. The van der Waals surface area contributed by atoms with Crippen molar-refractivity contribution in [1.29, 1.82) is 0 Å². The second kappa shape index (κ2) is 8.04. The molecule has 1 aromatic carbocycles. The van der Waals surface area contributed by atoms with Crippen LogP contribution in [0.1, 0.15) is 33.0 Å². The molecule has 3 rings (SSSR count). The molecule has 152 valence electrons. The molecule has 0 unspecified atom stereocenters. The van der Waals surface area contributed by atoms with Gasteiger partial charge in [0, 0.05) is 19.7 Å². The van der Waals surface area contributed by atoms with Gasteiger partial charge >= 0.3 is 5.69 Å². The number of carbonyl (C=O) groups excluding carboxylic acids is 1. The number of aryl methyl sites for hydroxylation is 2. The highest BCUT2D eigenvalue weighted by atomic mass is 35.5. The minimum atomic E-state index is -0.424. The highest BCUT2D eigenvalue weighted by molar-refractivity contribution is 6.31. The van der Waals surface area contributed by atoms with Gasteiger partial charge < -0.3 is 4.90 Å². The monoisotopic (exact) mass is 416 g/mol. The lowest BCUT2D eigenvalue weighted by Crippen LogP contribution is -2.27. The van der Waals surface area contributed by atoms with Crippen molar-refractivity contribution in [3.63, 3.8) is 0 Å². The Balaban J connectivity index is 1.80. The first-order chi connectivity index (χ1) is 13.7. The molecule has 0 N–H and O–H groups in total. The van der Waals surface area contributed by atoms with E-state index in [-0.39, 0.29) is 11.6 Å². The van der Waals surface area contributed by atoms with Gasteiger partial charge in [0.2, 0.25) is 0 Å². The Labute approximate surface area is 172 Å². The summed E-state index contributed by atoms with van der Waals surface area (Å²) in [5.41, 5.74) is 2.95. The van der Waals surface area contributed by atoms with Crippen molar-refractivity contribution in [2.45, 2.75) is 26.9 Å². The molecule has 0 aliphatic carbocycles.